The quantitative estimate of drug-likeness (QED) is 0.256. The van der Waals surface area contributed by atoms with Crippen molar-refractivity contribution in [2.24, 2.45) is 11.8 Å². The molecular formula is C36H39N2O3-. The Morgan fingerprint density at radius 2 is 0.902 bits per heavy atom. The Morgan fingerprint density at radius 3 is 1.17 bits per heavy atom. The maximum Gasteiger partial charge on any atom is 0.309 e. The Balaban J connectivity index is 0.000000189. The Kier molecular flexibility index (Phi) is 9.40. The molecule has 0 saturated carbocycles. The van der Waals surface area contributed by atoms with E-state index in [1.807, 2.05) is 55.5 Å². The lowest BCUT2D eigenvalue weighted by Crippen LogP contribution is -2.51. The zero-order valence-corrected chi connectivity index (χ0v) is 23.6. The molecule has 0 bridgehead atoms. The number of likely N-dealkylation sites (tertiary alicyclic amines) is 2. The number of benzene rings is 4. The van der Waals surface area contributed by atoms with Crippen molar-refractivity contribution in [3.05, 3.63) is 144 Å². The first kappa shape index (κ1) is 28.5. The average Bonchev–Trinajstić information content (AvgIpc) is 2.98. The molecule has 6 rings (SSSR count). The Labute approximate surface area is 244 Å². The van der Waals surface area contributed by atoms with Gasteiger partial charge in [-0.25, -0.2) is 0 Å². The van der Waals surface area contributed by atoms with E-state index in [2.05, 4.69) is 82.6 Å². The molecule has 2 aliphatic heterocycles. The van der Waals surface area contributed by atoms with E-state index in [9.17, 15) is 9.59 Å². The minimum absolute atomic E-state index is 0. The van der Waals surface area contributed by atoms with Crippen molar-refractivity contribution in [3.8, 4) is 0 Å². The van der Waals surface area contributed by atoms with Crippen LogP contribution in [0, 0.1) is 11.8 Å². The second-order valence-corrected chi connectivity index (χ2v) is 10.9. The number of hydrogen-bond donors (Lipinski definition) is 1. The third-order valence-electron chi connectivity index (χ3n) is 8.16. The van der Waals surface area contributed by atoms with Crippen molar-refractivity contribution in [1.29, 1.82) is 0 Å². The van der Waals surface area contributed by atoms with Crippen molar-refractivity contribution in [3.63, 3.8) is 0 Å². The number of carboxylic acids is 1. The van der Waals surface area contributed by atoms with Gasteiger partial charge < -0.3 is 6.53 Å². The van der Waals surface area contributed by atoms with Crippen molar-refractivity contribution in [1.82, 2.24) is 9.80 Å². The van der Waals surface area contributed by atoms with Gasteiger partial charge in [0.05, 0.1) is 18.0 Å². The predicted molar refractivity (Wildman–Crippen MR) is 164 cm³/mol. The van der Waals surface area contributed by atoms with Crippen LogP contribution in [0.3, 0.4) is 0 Å². The zero-order chi connectivity index (χ0) is 28.6. The maximum atomic E-state index is 11.8. The molecule has 0 spiro atoms. The lowest BCUT2D eigenvalue weighted by Gasteiger charge is -2.44. The molecule has 0 atom stereocenters. The molecule has 2 heterocycles. The highest BCUT2D eigenvalue weighted by atomic mass is 16.4. The smallest absolute Gasteiger partial charge is 0.309 e. The highest BCUT2D eigenvalue weighted by Crippen LogP contribution is 2.35. The summed E-state index contributed by atoms with van der Waals surface area (Å²) in [5, 5.41) is 9.05. The van der Waals surface area contributed by atoms with Crippen LogP contribution in [-0.2, 0) is 9.59 Å². The first-order valence-corrected chi connectivity index (χ1v) is 14.5. The summed E-state index contributed by atoms with van der Waals surface area (Å²) in [5.74, 6) is -0.304. The number of carboxylic acid groups (broad SMARTS) is 1. The molecule has 2 aliphatic rings. The van der Waals surface area contributed by atoms with Crippen LogP contribution in [0.5, 0.6) is 0 Å². The van der Waals surface area contributed by atoms with Crippen LogP contribution in [0.15, 0.2) is 121 Å². The number of nitrogens with zero attached hydrogens (tertiary/aromatic N) is 2. The minimum Gasteiger partial charge on any atom is -1.00 e. The number of aliphatic carboxylic acids is 1. The van der Waals surface area contributed by atoms with Gasteiger partial charge in [0.1, 0.15) is 5.78 Å². The Bertz CT molecular complexity index is 1310. The molecular weight excluding hydrogens is 508 g/mol. The molecule has 0 aliphatic carbocycles. The van der Waals surface area contributed by atoms with E-state index in [0.717, 1.165) is 13.1 Å². The predicted octanol–water partition coefficient (Wildman–Crippen LogP) is 6.59. The van der Waals surface area contributed by atoms with E-state index in [1.54, 1.807) is 0 Å². The number of rotatable bonds is 9. The van der Waals surface area contributed by atoms with Crippen LogP contribution in [0.2, 0.25) is 0 Å². The SMILES string of the molecule is CCC(=O)C1CN(C(c2ccccc2)c2ccccc2)C1.O=C(O)C1CN(C(c2ccccc2)c2ccccc2)C1.[2H-]. The van der Waals surface area contributed by atoms with Gasteiger partial charge in [-0.05, 0) is 22.3 Å². The van der Waals surface area contributed by atoms with E-state index in [4.69, 9.17) is 5.11 Å². The maximum absolute atomic E-state index is 11.8. The summed E-state index contributed by atoms with van der Waals surface area (Å²) in [6.07, 6.45) is 0.653. The number of carbonyl (C=O) groups is 2. The van der Waals surface area contributed by atoms with Gasteiger partial charge in [0.25, 0.3) is 0 Å². The molecule has 0 radical (unpaired) electrons. The lowest BCUT2D eigenvalue weighted by atomic mass is 9.87. The van der Waals surface area contributed by atoms with Crippen LogP contribution in [0.1, 0.15) is 49.1 Å². The van der Waals surface area contributed by atoms with Crippen molar-refractivity contribution >= 4 is 11.8 Å². The summed E-state index contributed by atoms with van der Waals surface area (Å²) in [7, 11) is 0. The van der Waals surface area contributed by atoms with Crippen LogP contribution in [0.25, 0.3) is 0 Å². The van der Waals surface area contributed by atoms with Gasteiger partial charge in [-0.3, -0.25) is 19.4 Å². The molecule has 4 aromatic rings. The van der Waals surface area contributed by atoms with Gasteiger partial charge in [0.15, 0.2) is 0 Å². The largest absolute Gasteiger partial charge is 1.00 e. The van der Waals surface area contributed by atoms with E-state index >= 15 is 0 Å². The first-order valence-electron chi connectivity index (χ1n) is 14.5. The normalized spacial score (nSPS) is 16.0. The highest BCUT2D eigenvalue weighted by molar-refractivity contribution is 5.82. The minimum atomic E-state index is -0.693. The summed E-state index contributed by atoms with van der Waals surface area (Å²) in [4.78, 5) is 27.4. The van der Waals surface area contributed by atoms with Gasteiger partial charge in [-0.1, -0.05) is 128 Å². The molecule has 41 heavy (non-hydrogen) atoms. The summed E-state index contributed by atoms with van der Waals surface area (Å²) in [5.41, 5.74) is 5.02. The molecule has 0 amide bonds. The van der Waals surface area contributed by atoms with E-state index in [1.165, 1.54) is 22.3 Å². The van der Waals surface area contributed by atoms with Gasteiger partial charge in [0.2, 0.25) is 0 Å². The van der Waals surface area contributed by atoms with Crippen LogP contribution in [-0.4, -0.2) is 52.8 Å². The molecule has 0 aromatic heterocycles. The molecule has 212 valence electrons. The fourth-order valence-corrected chi connectivity index (χ4v) is 5.86. The van der Waals surface area contributed by atoms with Crippen LogP contribution >= 0.6 is 0 Å². The fraction of sp³-hybridized carbons (Fsp3) is 0.278. The zero-order valence-electron chi connectivity index (χ0n) is 24.6. The summed E-state index contributed by atoms with van der Waals surface area (Å²) < 4.78 is 0. The average molecular weight is 549 g/mol. The number of carbonyl (C=O) groups excluding carboxylic acids is 1. The van der Waals surface area contributed by atoms with Crippen molar-refractivity contribution in [2.75, 3.05) is 26.2 Å². The van der Waals surface area contributed by atoms with Gasteiger partial charge in [-0.2, -0.15) is 0 Å². The third-order valence-corrected chi connectivity index (χ3v) is 8.16. The van der Waals surface area contributed by atoms with E-state index < -0.39 is 5.97 Å². The highest BCUT2D eigenvalue weighted by Gasteiger charge is 2.38. The number of Topliss-reactive ketones (excluding diaryl/α,β-unsaturated/α-hetero) is 1. The van der Waals surface area contributed by atoms with Gasteiger partial charge in [-0.15, -0.1) is 0 Å². The fourth-order valence-electron chi connectivity index (χ4n) is 5.86. The van der Waals surface area contributed by atoms with E-state index in [-0.39, 0.29) is 25.3 Å². The second kappa shape index (κ2) is 13.5. The molecule has 0 unspecified atom stereocenters. The van der Waals surface area contributed by atoms with Crippen molar-refractivity contribution < 1.29 is 16.1 Å². The molecule has 2 saturated heterocycles. The molecule has 1 N–H and O–H groups in total. The molecule has 4 aromatic carbocycles. The second-order valence-electron chi connectivity index (χ2n) is 10.9. The number of ketones is 1. The summed E-state index contributed by atoms with van der Waals surface area (Å²) in [6, 6.07) is 42.0. The summed E-state index contributed by atoms with van der Waals surface area (Å²) >= 11 is 0. The topological polar surface area (TPSA) is 60.9 Å². The van der Waals surface area contributed by atoms with Gasteiger partial charge in [0, 0.05) is 38.5 Å². The van der Waals surface area contributed by atoms with Crippen LogP contribution < -0.4 is 0 Å². The van der Waals surface area contributed by atoms with E-state index in [0.29, 0.717) is 25.3 Å². The Morgan fingerprint density at radius 1 is 0.610 bits per heavy atom. The molecule has 2 fully saturated rings. The summed E-state index contributed by atoms with van der Waals surface area (Å²) in [6.45, 7) is 4.94. The number of hydrogen-bond acceptors (Lipinski definition) is 4. The molecule has 5 nitrogen and oxygen atoms in total. The van der Waals surface area contributed by atoms with Crippen LogP contribution in [0.4, 0.5) is 0 Å². The lowest BCUT2D eigenvalue weighted by molar-refractivity contribution is -0.148. The first-order chi connectivity index (χ1) is 20.0. The van der Waals surface area contributed by atoms with Crippen molar-refractivity contribution in [2.45, 2.75) is 25.4 Å². The Hall–Kier alpha value is -4.06. The third kappa shape index (κ3) is 6.82. The standard InChI is InChI=1S/C19H21NO.C17H17NO2.H/c1-2-18(21)17-13-20(14-17)19(15-9-5-3-6-10-15)16-11-7-4-8-12-16;19-17(20)15-11-18(12-15)16(13-7-3-1-4-8-13)14-9-5-2-6-10-14;/h3-12,17,19H,2,13-14H2,1H3;1-10,15-16H,11-12H2,(H,19,20);/q;;-1/i;;1+1. The monoisotopic (exact) mass is 548 g/mol. The van der Waals surface area contributed by atoms with Gasteiger partial charge >= 0.3 is 5.97 Å². The molecule has 5 heteroatoms.